The molecule has 0 spiro atoms. The lowest BCUT2D eigenvalue weighted by molar-refractivity contribution is -0.131. The standard InChI is InChI=1S/C20H41NO3/c1-8-10-20(5,6)12-15-24-17-16-23-14-9-18(22)21(7)13-11-19(2,3)4/h8-17H2,1-7H3. The van der Waals surface area contributed by atoms with Crippen molar-refractivity contribution in [3.63, 3.8) is 0 Å². The average Bonchev–Trinajstić information content (AvgIpc) is 2.46. The number of hydrogen-bond donors (Lipinski definition) is 0. The van der Waals surface area contributed by atoms with Crippen molar-refractivity contribution in [1.82, 2.24) is 4.90 Å². The molecule has 0 aromatic rings. The Balaban J connectivity index is 3.57. The summed E-state index contributed by atoms with van der Waals surface area (Å²) in [6, 6.07) is 0. The number of carbonyl (C=O) groups excluding carboxylic acids is 1. The Morgan fingerprint density at radius 3 is 2.00 bits per heavy atom. The van der Waals surface area contributed by atoms with Crippen LogP contribution in [0.15, 0.2) is 0 Å². The van der Waals surface area contributed by atoms with Crippen molar-refractivity contribution in [1.29, 1.82) is 0 Å². The van der Waals surface area contributed by atoms with Gasteiger partial charge in [0, 0.05) is 20.2 Å². The molecule has 0 heterocycles. The average molecular weight is 344 g/mol. The number of ether oxygens (including phenoxy) is 2. The van der Waals surface area contributed by atoms with Gasteiger partial charge in [-0.2, -0.15) is 0 Å². The zero-order valence-corrected chi connectivity index (χ0v) is 17.2. The lowest BCUT2D eigenvalue weighted by atomic mass is 9.85. The third kappa shape index (κ3) is 13.8. The van der Waals surface area contributed by atoms with Crippen LogP contribution in [0.1, 0.15) is 73.6 Å². The van der Waals surface area contributed by atoms with E-state index in [1.165, 1.54) is 12.8 Å². The van der Waals surface area contributed by atoms with Crippen LogP contribution in [0.4, 0.5) is 0 Å². The highest BCUT2D eigenvalue weighted by molar-refractivity contribution is 5.75. The Hall–Kier alpha value is -0.610. The van der Waals surface area contributed by atoms with E-state index in [1.54, 1.807) is 4.90 Å². The molecule has 0 aliphatic rings. The second-order valence-electron chi connectivity index (χ2n) is 8.76. The first-order valence-corrected chi connectivity index (χ1v) is 9.47. The molecule has 0 aliphatic carbocycles. The summed E-state index contributed by atoms with van der Waals surface area (Å²) in [7, 11) is 1.87. The van der Waals surface area contributed by atoms with Crippen LogP contribution in [-0.4, -0.2) is 50.8 Å². The summed E-state index contributed by atoms with van der Waals surface area (Å²) >= 11 is 0. The van der Waals surface area contributed by atoms with Gasteiger partial charge in [-0.05, 0) is 30.1 Å². The summed E-state index contributed by atoms with van der Waals surface area (Å²) in [5.41, 5.74) is 0.619. The van der Waals surface area contributed by atoms with Crippen molar-refractivity contribution in [3.05, 3.63) is 0 Å². The molecule has 0 radical (unpaired) electrons. The fraction of sp³-hybridized carbons (Fsp3) is 0.950. The molecular weight excluding hydrogens is 302 g/mol. The number of carbonyl (C=O) groups is 1. The maximum absolute atomic E-state index is 12.0. The second kappa shape index (κ2) is 11.9. The summed E-state index contributed by atoms with van der Waals surface area (Å²) in [5, 5.41) is 0. The van der Waals surface area contributed by atoms with Crippen LogP contribution in [0, 0.1) is 10.8 Å². The summed E-state index contributed by atoms with van der Waals surface area (Å²) in [5.74, 6) is 0.154. The molecule has 4 heteroatoms. The number of rotatable bonds is 13. The Labute approximate surface area is 150 Å². The first-order chi connectivity index (χ1) is 11.1. The molecule has 0 saturated heterocycles. The molecule has 0 aromatic heterocycles. The van der Waals surface area contributed by atoms with Gasteiger partial charge in [-0.25, -0.2) is 0 Å². The Bertz CT molecular complexity index is 334. The molecule has 1 amide bonds. The zero-order valence-electron chi connectivity index (χ0n) is 17.2. The van der Waals surface area contributed by atoms with E-state index in [0.29, 0.717) is 31.7 Å². The van der Waals surface area contributed by atoms with Crippen LogP contribution in [0.25, 0.3) is 0 Å². The smallest absolute Gasteiger partial charge is 0.224 e. The van der Waals surface area contributed by atoms with Crippen molar-refractivity contribution in [3.8, 4) is 0 Å². The van der Waals surface area contributed by atoms with E-state index in [4.69, 9.17) is 9.47 Å². The Morgan fingerprint density at radius 2 is 1.46 bits per heavy atom. The third-order valence-electron chi connectivity index (χ3n) is 4.31. The van der Waals surface area contributed by atoms with Gasteiger partial charge in [0.05, 0.1) is 26.2 Å². The van der Waals surface area contributed by atoms with Crippen LogP contribution in [0.2, 0.25) is 0 Å². The van der Waals surface area contributed by atoms with Crippen molar-refractivity contribution >= 4 is 5.91 Å². The van der Waals surface area contributed by atoms with Crippen molar-refractivity contribution in [2.75, 3.05) is 40.0 Å². The van der Waals surface area contributed by atoms with Crippen LogP contribution in [0.5, 0.6) is 0 Å². The van der Waals surface area contributed by atoms with E-state index in [2.05, 4.69) is 41.5 Å². The van der Waals surface area contributed by atoms with Crippen LogP contribution in [-0.2, 0) is 14.3 Å². The van der Waals surface area contributed by atoms with Gasteiger partial charge >= 0.3 is 0 Å². The largest absolute Gasteiger partial charge is 0.379 e. The van der Waals surface area contributed by atoms with Gasteiger partial charge in [-0.1, -0.05) is 48.0 Å². The van der Waals surface area contributed by atoms with Gasteiger partial charge in [0.25, 0.3) is 0 Å². The highest BCUT2D eigenvalue weighted by atomic mass is 16.5. The Kier molecular flexibility index (Phi) is 11.6. The molecule has 0 unspecified atom stereocenters. The maximum Gasteiger partial charge on any atom is 0.224 e. The molecule has 24 heavy (non-hydrogen) atoms. The summed E-state index contributed by atoms with van der Waals surface area (Å²) in [6.07, 6.45) is 4.99. The number of amides is 1. The fourth-order valence-corrected chi connectivity index (χ4v) is 2.45. The molecule has 0 fully saturated rings. The van der Waals surface area contributed by atoms with E-state index in [1.807, 2.05) is 7.05 Å². The van der Waals surface area contributed by atoms with Crippen molar-refractivity contribution < 1.29 is 14.3 Å². The first-order valence-electron chi connectivity index (χ1n) is 9.47. The fourth-order valence-electron chi connectivity index (χ4n) is 2.45. The van der Waals surface area contributed by atoms with Gasteiger partial charge in [-0.15, -0.1) is 0 Å². The highest BCUT2D eigenvalue weighted by Gasteiger charge is 2.16. The van der Waals surface area contributed by atoms with Crippen molar-refractivity contribution in [2.45, 2.75) is 73.6 Å². The highest BCUT2D eigenvalue weighted by Crippen LogP contribution is 2.26. The minimum Gasteiger partial charge on any atom is -0.379 e. The summed E-state index contributed by atoms with van der Waals surface area (Å²) in [4.78, 5) is 13.8. The zero-order chi connectivity index (χ0) is 18.6. The predicted molar refractivity (Wildman–Crippen MR) is 101 cm³/mol. The molecule has 0 rings (SSSR count). The van der Waals surface area contributed by atoms with Gasteiger partial charge in [0.15, 0.2) is 0 Å². The van der Waals surface area contributed by atoms with E-state index < -0.39 is 0 Å². The molecule has 0 saturated carbocycles. The maximum atomic E-state index is 12.0. The van der Waals surface area contributed by atoms with Gasteiger partial charge < -0.3 is 14.4 Å². The summed E-state index contributed by atoms with van der Waals surface area (Å²) < 4.78 is 11.1. The molecule has 4 nitrogen and oxygen atoms in total. The van der Waals surface area contributed by atoms with E-state index in [0.717, 1.165) is 26.0 Å². The Morgan fingerprint density at radius 1 is 0.875 bits per heavy atom. The lowest BCUT2D eigenvalue weighted by Crippen LogP contribution is -2.30. The summed E-state index contributed by atoms with van der Waals surface area (Å²) in [6.45, 7) is 16.6. The molecule has 0 N–H and O–H groups in total. The van der Waals surface area contributed by atoms with E-state index >= 15 is 0 Å². The monoisotopic (exact) mass is 343 g/mol. The first kappa shape index (κ1) is 23.4. The lowest BCUT2D eigenvalue weighted by Gasteiger charge is -2.24. The molecular formula is C20H41NO3. The molecule has 0 aliphatic heterocycles. The van der Waals surface area contributed by atoms with Gasteiger partial charge in [-0.3, -0.25) is 4.79 Å². The minimum absolute atomic E-state index is 0.154. The normalized spacial score (nSPS) is 12.5. The second-order valence-corrected chi connectivity index (χ2v) is 8.76. The van der Waals surface area contributed by atoms with Gasteiger partial charge in [0.1, 0.15) is 0 Å². The van der Waals surface area contributed by atoms with Crippen molar-refractivity contribution in [2.24, 2.45) is 10.8 Å². The quantitative estimate of drug-likeness (QED) is 0.462. The number of hydrogen-bond acceptors (Lipinski definition) is 3. The number of nitrogens with zero attached hydrogens (tertiary/aromatic N) is 1. The minimum atomic E-state index is 0.154. The van der Waals surface area contributed by atoms with Crippen LogP contribution >= 0.6 is 0 Å². The van der Waals surface area contributed by atoms with E-state index in [9.17, 15) is 4.79 Å². The molecule has 0 aromatic carbocycles. The van der Waals surface area contributed by atoms with Gasteiger partial charge in [0.2, 0.25) is 5.91 Å². The predicted octanol–water partition coefficient (Wildman–Crippen LogP) is 4.52. The SMILES string of the molecule is CCCC(C)(C)CCOCCOCCC(=O)N(C)CCC(C)(C)C. The molecule has 0 atom stereocenters. The van der Waals surface area contributed by atoms with E-state index in [-0.39, 0.29) is 11.3 Å². The third-order valence-corrected chi connectivity index (χ3v) is 4.31. The van der Waals surface area contributed by atoms with Crippen LogP contribution < -0.4 is 0 Å². The van der Waals surface area contributed by atoms with Crippen LogP contribution in [0.3, 0.4) is 0 Å². The topological polar surface area (TPSA) is 38.8 Å². The molecule has 144 valence electrons. The molecule has 0 bridgehead atoms.